The van der Waals surface area contributed by atoms with Gasteiger partial charge in [-0.05, 0) is 19.8 Å². The van der Waals surface area contributed by atoms with Crippen molar-refractivity contribution in [2.45, 2.75) is 31.8 Å². The maximum absolute atomic E-state index is 12.1. The Morgan fingerprint density at radius 2 is 2.28 bits per heavy atom. The van der Waals surface area contributed by atoms with E-state index in [0.29, 0.717) is 31.5 Å². The molecule has 18 heavy (non-hydrogen) atoms. The topological polar surface area (TPSA) is 56.1 Å². The van der Waals surface area contributed by atoms with E-state index >= 15 is 0 Å². The van der Waals surface area contributed by atoms with Crippen molar-refractivity contribution < 1.29 is 4.74 Å². The number of ether oxygens (including phenoxy) is 1. The number of aryl methyl sites for hydroxylation is 1. The second kappa shape index (κ2) is 5.71. The molecule has 0 unspecified atom stereocenters. The second-order valence-corrected chi connectivity index (χ2v) is 4.79. The molecule has 0 aromatic carbocycles. The number of anilines is 1. The van der Waals surface area contributed by atoms with E-state index in [2.05, 4.69) is 10.3 Å². The van der Waals surface area contributed by atoms with Crippen molar-refractivity contribution in [1.82, 2.24) is 9.55 Å². The van der Waals surface area contributed by atoms with Gasteiger partial charge in [-0.15, -0.1) is 11.6 Å². The third-order valence-electron chi connectivity index (χ3n) is 3.34. The Balaban J connectivity index is 2.24. The number of nitrogens with zero attached hydrogens (tertiary/aromatic N) is 2. The molecule has 0 amide bonds. The highest BCUT2D eigenvalue weighted by Crippen LogP contribution is 2.25. The third kappa shape index (κ3) is 2.67. The average Bonchev–Trinajstić information content (AvgIpc) is 2.42. The summed E-state index contributed by atoms with van der Waals surface area (Å²) in [5, 5.41) is 3.23. The predicted molar refractivity (Wildman–Crippen MR) is 71.3 cm³/mol. The fourth-order valence-corrected chi connectivity index (χ4v) is 2.42. The molecule has 0 radical (unpaired) electrons. The van der Waals surface area contributed by atoms with Crippen LogP contribution in [0.2, 0.25) is 0 Å². The number of halogens is 1. The van der Waals surface area contributed by atoms with Crippen molar-refractivity contribution in [2.75, 3.05) is 24.4 Å². The fourth-order valence-electron chi connectivity index (χ4n) is 2.09. The molecule has 1 saturated heterocycles. The smallest absolute Gasteiger partial charge is 0.293 e. The number of rotatable bonds is 4. The number of aromatic nitrogens is 2. The van der Waals surface area contributed by atoms with Gasteiger partial charge in [0, 0.05) is 38.0 Å². The molecule has 5 nitrogen and oxygen atoms in total. The molecular weight excluding hydrogens is 254 g/mol. The standard InChI is InChI=1S/C12H18ClN3O2/c1-2-16-6-5-14-10(11(16)17)15-12(9-13)3-7-18-8-4-12/h5-6H,2-4,7-9H2,1H3,(H,14,15). The fraction of sp³-hybridized carbons (Fsp3) is 0.667. The van der Waals surface area contributed by atoms with Crippen molar-refractivity contribution in [3.05, 3.63) is 22.7 Å². The molecule has 2 heterocycles. The van der Waals surface area contributed by atoms with Crippen molar-refractivity contribution in [1.29, 1.82) is 0 Å². The van der Waals surface area contributed by atoms with Crippen molar-refractivity contribution >= 4 is 17.4 Å². The first-order valence-electron chi connectivity index (χ1n) is 6.18. The summed E-state index contributed by atoms with van der Waals surface area (Å²) in [4.78, 5) is 16.2. The number of alkyl halides is 1. The Labute approximate surface area is 111 Å². The van der Waals surface area contributed by atoms with Gasteiger partial charge in [0.2, 0.25) is 0 Å². The Kier molecular flexibility index (Phi) is 4.24. The quantitative estimate of drug-likeness (QED) is 0.843. The van der Waals surface area contributed by atoms with Gasteiger partial charge < -0.3 is 14.6 Å². The molecule has 1 aliphatic heterocycles. The molecule has 1 N–H and O–H groups in total. The monoisotopic (exact) mass is 271 g/mol. The van der Waals surface area contributed by atoms with Crippen LogP contribution in [-0.4, -0.2) is 34.2 Å². The van der Waals surface area contributed by atoms with Crippen LogP contribution < -0.4 is 10.9 Å². The van der Waals surface area contributed by atoms with Gasteiger partial charge in [-0.1, -0.05) is 0 Å². The summed E-state index contributed by atoms with van der Waals surface area (Å²) in [5.41, 5.74) is -0.380. The third-order valence-corrected chi connectivity index (χ3v) is 3.86. The highest BCUT2D eigenvalue weighted by Gasteiger charge is 2.32. The lowest BCUT2D eigenvalue weighted by molar-refractivity contribution is 0.0666. The van der Waals surface area contributed by atoms with Crippen LogP contribution in [-0.2, 0) is 11.3 Å². The molecule has 2 rings (SSSR count). The Morgan fingerprint density at radius 3 is 2.89 bits per heavy atom. The van der Waals surface area contributed by atoms with Gasteiger partial charge in [-0.25, -0.2) is 4.98 Å². The lowest BCUT2D eigenvalue weighted by Crippen LogP contribution is -2.47. The molecule has 1 aromatic rings. The Hall–Kier alpha value is -1.07. The summed E-state index contributed by atoms with van der Waals surface area (Å²) in [7, 11) is 0. The molecule has 100 valence electrons. The molecule has 0 aliphatic carbocycles. The average molecular weight is 272 g/mol. The summed E-state index contributed by atoms with van der Waals surface area (Å²) < 4.78 is 6.96. The van der Waals surface area contributed by atoms with E-state index in [9.17, 15) is 4.79 Å². The van der Waals surface area contributed by atoms with E-state index < -0.39 is 0 Å². The maximum Gasteiger partial charge on any atom is 0.293 e. The highest BCUT2D eigenvalue weighted by molar-refractivity contribution is 6.18. The lowest BCUT2D eigenvalue weighted by Gasteiger charge is -2.36. The van der Waals surface area contributed by atoms with Gasteiger partial charge in [0.15, 0.2) is 5.82 Å². The zero-order valence-corrected chi connectivity index (χ0v) is 11.2. The first-order valence-corrected chi connectivity index (χ1v) is 6.71. The summed E-state index contributed by atoms with van der Waals surface area (Å²) >= 11 is 6.06. The first kappa shape index (κ1) is 13.4. The molecule has 0 bridgehead atoms. The van der Waals surface area contributed by atoms with Gasteiger partial charge in [-0.2, -0.15) is 0 Å². The lowest BCUT2D eigenvalue weighted by atomic mass is 9.92. The zero-order valence-electron chi connectivity index (χ0n) is 10.5. The molecule has 1 aliphatic rings. The van der Waals surface area contributed by atoms with Crippen LogP contribution in [0.1, 0.15) is 19.8 Å². The molecule has 6 heteroatoms. The van der Waals surface area contributed by atoms with Gasteiger partial charge >= 0.3 is 0 Å². The predicted octanol–water partition coefficient (Wildman–Crippen LogP) is 1.46. The normalized spacial score (nSPS) is 18.6. The molecule has 0 atom stereocenters. The van der Waals surface area contributed by atoms with Crippen molar-refractivity contribution in [3.63, 3.8) is 0 Å². The summed E-state index contributed by atoms with van der Waals surface area (Å²) in [6.45, 7) is 3.88. The number of hydrogen-bond acceptors (Lipinski definition) is 4. The van der Waals surface area contributed by atoms with E-state index in [-0.39, 0.29) is 11.1 Å². The van der Waals surface area contributed by atoms with Gasteiger partial charge in [-0.3, -0.25) is 4.79 Å². The largest absolute Gasteiger partial charge is 0.381 e. The summed E-state index contributed by atoms with van der Waals surface area (Å²) in [6, 6.07) is 0. The summed E-state index contributed by atoms with van der Waals surface area (Å²) in [5.74, 6) is 0.820. The molecule has 1 fully saturated rings. The minimum atomic E-state index is -0.279. The SMILES string of the molecule is CCn1ccnc(NC2(CCl)CCOCC2)c1=O. The van der Waals surface area contributed by atoms with E-state index in [1.54, 1.807) is 17.0 Å². The van der Waals surface area contributed by atoms with Crippen LogP contribution in [0.15, 0.2) is 17.2 Å². The van der Waals surface area contributed by atoms with Gasteiger partial charge in [0.05, 0.1) is 5.54 Å². The summed E-state index contributed by atoms with van der Waals surface area (Å²) in [6.07, 6.45) is 4.90. The molecule has 0 spiro atoms. The van der Waals surface area contributed by atoms with Crippen LogP contribution >= 0.6 is 11.6 Å². The van der Waals surface area contributed by atoms with Crippen molar-refractivity contribution in [3.8, 4) is 0 Å². The Morgan fingerprint density at radius 1 is 1.56 bits per heavy atom. The van der Waals surface area contributed by atoms with E-state index in [0.717, 1.165) is 12.8 Å². The molecular formula is C12H18ClN3O2. The van der Waals surface area contributed by atoms with E-state index in [1.165, 1.54) is 0 Å². The van der Waals surface area contributed by atoms with Crippen LogP contribution in [0.3, 0.4) is 0 Å². The zero-order chi connectivity index (χ0) is 13.0. The number of hydrogen-bond donors (Lipinski definition) is 1. The van der Waals surface area contributed by atoms with Gasteiger partial charge in [0.25, 0.3) is 5.56 Å². The van der Waals surface area contributed by atoms with Gasteiger partial charge in [0.1, 0.15) is 0 Å². The maximum atomic E-state index is 12.1. The highest BCUT2D eigenvalue weighted by atomic mass is 35.5. The van der Waals surface area contributed by atoms with Crippen LogP contribution in [0.25, 0.3) is 0 Å². The van der Waals surface area contributed by atoms with Crippen LogP contribution in [0, 0.1) is 0 Å². The first-order chi connectivity index (χ1) is 8.71. The second-order valence-electron chi connectivity index (χ2n) is 4.52. The van der Waals surface area contributed by atoms with Crippen LogP contribution in [0.5, 0.6) is 0 Å². The minimum absolute atomic E-state index is 0.101. The number of nitrogens with one attached hydrogen (secondary N) is 1. The minimum Gasteiger partial charge on any atom is -0.381 e. The van der Waals surface area contributed by atoms with Crippen LogP contribution in [0.4, 0.5) is 5.82 Å². The van der Waals surface area contributed by atoms with E-state index in [1.807, 2.05) is 6.92 Å². The molecule has 1 aromatic heterocycles. The Bertz CT molecular complexity index is 455. The molecule has 0 saturated carbocycles. The van der Waals surface area contributed by atoms with E-state index in [4.69, 9.17) is 16.3 Å². The van der Waals surface area contributed by atoms with Crippen molar-refractivity contribution in [2.24, 2.45) is 0 Å².